The largest absolute Gasteiger partial charge is 0.493 e. The predicted molar refractivity (Wildman–Crippen MR) is 91.4 cm³/mol. The molecule has 1 N–H and O–H groups in total. The lowest BCUT2D eigenvalue weighted by Crippen LogP contribution is -2.47. The number of benzene rings is 1. The van der Waals surface area contributed by atoms with Crippen molar-refractivity contribution in [3.63, 3.8) is 0 Å². The zero-order chi connectivity index (χ0) is 16.2. The third kappa shape index (κ3) is 3.86. The van der Waals surface area contributed by atoms with Crippen LogP contribution in [-0.4, -0.2) is 52.9 Å². The topological polar surface area (TPSA) is 58.6 Å². The Hall–Kier alpha value is -1.56. The van der Waals surface area contributed by atoms with Crippen molar-refractivity contribution in [2.45, 2.75) is 31.2 Å². The van der Waals surface area contributed by atoms with Crippen molar-refractivity contribution in [3.8, 4) is 5.75 Å². The molecular formula is C17H24N2O3S. The lowest BCUT2D eigenvalue weighted by molar-refractivity contribution is 0.184. The van der Waals surface area contributed by atoms with Crippen LogP contribution in [0.2, 0.25) is 0 Å². The Kier molecular flexibility index (Phi) is 5.20. The molecule has 3 rings (SSSR count). The minimum atomic E-state index is -0.695. The average Bonchev–Trinajstić information content (AvgIpc) is 2.59. The normalized spacial score (nSPS) is 26.7. The Labute approximate surface area is 139 Å². The Balaban J connectivity index is 1.54. The van der Waals surface area contributed by atoms with Gasteiger partial charge in [-0.05, 0) is 30.9 Å². The molecule has 23 heavy (non-hydrogen) atoms. The van der Waals surface area contributed by atoms with Gasteiger partial charge in [0.05, 0.1) is 6.61 Å². The Bertz CT molecular complexity index is 583. The summed E-state index contributed by atoms with van der Waals surface area (Å²) in [7, 11) is 1.14. The number of hydrogen-bond donors (Lipinski definition) is 1. The number of rotatable bonds is 3. The molecular weight excluding hydrogens is 312 g/mol. The van der Waals surface area contributed by atoms with Crippen LogP contribution in [0.15, 0.2) is 24.3 Å². The number of carbonyl (C=O) groups excluding carboxylic acids is 1. The van der Waals surface area contributed by atoms with Gasteiger partial charge in [-0.25, -0.2) is 4.79 Å². The summed E-state index contributed by atoms with van der Waals surface area (Å²) in [6.45, 7) is 1.32. The minimum Gasteiger partial charge on any atom is -0.493 e. The molecule has 6 heteroatoms. The maximum absolute atomic E-state index is 12.4. The summed E-state index contributed by atoms with van der Waals surface area (Å²) in [6.07, 6.45) is 2.58. The van der Waals surface area contributed by atoms with E-state index in [1.54, 1.807) is 4.90 Å². The first-order valence-corrected chi connectivity index (χ1v) is 9.71. The Morgan fingerprint density at radius 2 is 2.04 bits per heavy atom. The van der Waals surface area contributed by atoms with Gasteiger partial charge in [-0.2, -0.15) is 0 Å². The van der Waals surface area contributed by atoms with Crippen molar-refractivity contribution in [3.05, 3.63) is 29.8 Å². The first-order valence-electron chi connectivity index (χ1n) is 8.22. The van der Waals surface area contributed by atoms with Gasteiger partial charge in [-0.1, -0.05) is 18.2 Å². The molecule has 2 heterocycles. The van der Waals surface area contributed by atoms with Gasteiger partial charge in [0, 0.05) is 47.9 Å². The average molecular weight is 336 g/mol. The van der Waals surface area contributed by atoms with Gasteiger partial charge < -0.3 is 15.0 Å². The van der Waals surface area contributed by atoms with E-state index in [2.05, 4.69) is 11.4 Å². The van der Waals surface area contributed by atoms with Crippen LogP contribution >= 0.6 is 0 Å². The Morgan fingerprint density at radius 1 is 1.30 bits per heavy atom. The fourth-order valence-electron chi connectivity index (χ4n) is 3.30. The summed E-state index contributed by atoms with van der Waals surface area (Å²) in [5.41, 5.74) is 1.18. The van der Waals surface area contributed by atoms with Crippen LogP contribution in [0.5, 0.6) is 5.75 Å². The highest BCUT2D eigenvalue weighted by Gasteiger charge is 2.26. The molecule has 0 unspecified atom stereocenters. The van der Waals surface area contributed by atoms with E-state index in [1.807, 2.05) is 25.2 Å². The van der Waals surface area contributed by atoms with Crippen LogP contribution in [0.1, 0.15) is 30.7 Å². The number of amides is 2. The van der Waals surface area contributed by atoms with Crippen molar-refractivity contribution < 1.29 is 13.7 Å². The lowest BCUT2D eigenvalue weighted by Gasteiger charge is -2.32. The van der Waals surface area contributed by atoms with Crippen molar-refractivity contribution >= 4 is 16.8 Å². The molecule has 2 aliphatic rings. The van der Waals surface area contributed by atoms with Gasteiger partial charge in [0.2, 0.25) is 0 Å². The molecule has 2 amide bonds. The lowest BCUT2D eigenvalue weighted by atomic mass is 9.93. The van der Waals surface area contributed by atoms with Gasteiger partial charge in [-0.3, -0.25) is 4.21 Å². The second kappa shape index (κ2) is 7.34. The van der Waals surface area contributed by atoms with E-state index in [-0.39, 0.29) is 12.1 Å². The van der Waals surface area contributed by atoms with Gasteiger partial charge in [0.1, 0.15) is 5.75 Å². The zero-order valence-electron chi connectivity index (χ0n) is 13.5. The predicted octanol–water partition coefficient (Wildman–Crippen LogP) is 2.11. The van der Waals surface area contributed by atoms with Crippen molar-refractivity contribution in [2.75, 3.05) is 31.7 Å². The molecule has 1 aromatic carbocycles. The standard InChI is InChI=1S/C17H24N2O3S/c1-19(14-7-10-23(21)11-8-14)17(20)18-12-13-6-9-22-16-5-3-2-4-15(13)16/h2-5,13-14H,6-12H2,1H3,(H,18,20)/t13-,14?,23?/m1/s1. The first kappa shape index (κ1) is 16.3. The number of nitrogens with zero attached hydrogens (tertiary/aromatic N) is 1. The number of carbonyl (C=O) groups is 1. The summed E-state index contributed by atoms with van der Waals surface area (Å²) in [4.78, 5) is 14.2. The van der Waals surface area contributed by atoms with Crippen LogP contribution in [0.3, 0.4) is 0 Å². The summed E-state index contributed by atoms with van der Waals surface area (Å²) >= 11 is 0. The molecule has 126 valence electrons. The van der Waals surface area contributed by atoms with Crippen LogP contribution in [0.25, 0.3) is 0 Å². The van der Waals surface area contributed by atoms with Crippen LogP contribution in [-0.2, 0) is 10.8 Å². The van der Waals surface area contributed by atoms with Crippen molar-refractivity contribution in [1.29, 1.82) is 0 Å². The monoisotopic (exact) mass is 336 g/mol. The second-order valence-electron chi connectivity index (χ2n) is 6.25. The van der Waals surface area contributed by atoms with Gasteiger partial charge >= 0.3 is 6.03 Å². The number of urea groups is 1. The summed E-state index contributed by atoms with van der Waals surface area (Å²) in [5.74, 6) is 2.64. The second-order valence-corrected chi connectivity index (χ2v) is 7.94. The van der Waals surface area contributed by atoms with E-state index >= 15 is 0 Å². The molecule has 0 aromatic heterocycles. The van der Waals surface area contributed by atoms with Crippen LogP contribution < -0.4 is 10.1 Å². The summed E-state index contributed by atoms with van der Waals surface area (Å²) in [6, 6.07) is 8.21. The van der Waals surface area contributed by atoms with Crippen LogP contribution in [0, 0.1) is 0 Å². The van der Waals surface area contributed by atoms with E-state index in [0.717, 1.165) is 25.0 Å². The highest BCUT2D eigenvalue weighted by molar-refractivity contribution is 7.85. The SMILES string of the molecule is CN(C(=O)NC[C@H]1CCOc2ccccc21)C1CCS(=O)CC1. The highest BCUT2D eigenvalue weighted by atomic mass is 32.2. The molecule has 1 atom stereocenters. The van der Waals surface area contributed by atoms with Gasteiger partial charge in [0.25, 0.3) is 0 Å². The molecule has 0 saturated carbocycles. The van der Waals surface area contributed by atoms with Gasteiger partial charge in [-0.15, -0.1) is 0 Å². The maximum Gasteiger partial charge on any atom is 0.317 e. The van der Waals surface area contributed by atoms with Crippen LogP contribution in [0.4, 0.5) is 4.79 Å². The zero-order valence-corrected chi connectivity index (χ0v) is 14.3. The molecule has 0 radical (unpaired) electrons. The van der Waals surface area contributed by atoms with Crippen molar-refractivity contribution in [2.24, 2.45) is 0 Å². The van der Waals surface area contributed by atoms with E-state index in [1.165, 1.54) is 5.56 Å². The highest BCUT2D eigenvalue weighted by Crippen LogP contribution is 2.32. The molecule has 0 spiro atoms. The summed E-state index contributed by atoms with van der Waals surface area (Å²) < 4.78 is 17.1. The van der Waals surface area contributed by atoms with Crippen molar-refractivity contribution in [1.82, 2.24) is 10.2 Å². The molecule has 2 aliphatic heterocycles. The van der Waals surface area contributed by atoms with Gasteiger partial charge in [0.15, 0.2) is 0 Å². The summed E-state index contributed by atoms with van der Waals surface area (Å²) in [5, 5.41) is 3.06. The third-order valence-corrected chi connectivity index (χ3v) is 6.19. The fourth-order valence-corrected chi connectivity index (χ4v) is 4.57. The minimum absolute atomic E-state index is 0.0355. The molecule has 1 aromatic rings. The molecule has 5 nitrogen and oxygen atoms in total. The van der Waals surface area contributed by atoms with E-state index in [4.69, 9.17) is 4.74 Å². The molecule has 1 fully saturated rings. The fraction of sp³-hybridized carbons (Fsp3) is 0.588. The van der Waals surface area contributed by atoms with E-state index in [0.29, 0.717) is 30.6 Å². The number of hydrogen-bond acceptors (Lipinski definition) is 3. The number of para-hydroxylation sites is 1. The Morgan fingerprint density at radius 3 is 2.83 bits per heavy atom. The number of nitrogens with one attached hydrogen (secondary N) is 1. The first-order chi connectivity index (χ1) is 11.1. The molecule has 0 bridgehead atoms. The maximum atomic E-state index is 12.4. The number of ether oxygens (including phenoxy) is 1. The quantitative estimate of drug-likeness (QED) is 0.920. The number of fused-ring (bicyclic) bond motifs is 1. The molecule has 1 saturated heterocycles. The smallest absolute Gasteiger partial charge is 0.317 e. The van der Waals surface area contributed by atoms with E-state index < -0.39 is 10.8 Å². The molecule has 0 aliphatic carbocycles. The van der Waals surface area contributed by atoms with E-state index in [9.17, 15) is 9.00 Å². The third-order valence-electron chi connectivity index (χ3n) is 4.81.